The van der Waals surface area contributed by atoms with Crippen molar-refractivity contribution >= 4 is 11.6 Å². The van der Waals surface area contributed by atoms with Gasteiger partial charge in [0.05, 0.1) is 5.69 Å². The summed E-state index contributed by atoms with van der Waals surface area (Å²) in [5.74, 6) is -0.134. The van der Waals surface area contributed by atoms with Gasteiger partial charge in [-0.2, -0.15) is 5.10 Å². The Morgan fingerprint density at radius 1 is 1.24 bits per heavy atom. The number of aromatic nitrogens is 2. The van der Waals surface area contributed by atoms with Gasteiger partial charge in [-0.3, -0.25) is 9.48 Å². The predicted octanol–water partition coefficient (Wildman–Crippen LogP) is 3.53. The van der Waals surface area contributed by atoms with Crippen molar-refractivity contribution in [2.24, 2.45) is 7.05 Å². The molecule has 0 saturated carbocycles. The number of benzene rings is 1. The second-order valence-corrected chi connectivity index (χ2v) is 6.29. The molecule has 4 heteroatoms. The zero-order valence-electron chi connectivity index (χ0n) is 13.4. The summed E-state index contributed by atoms with van der Waals surface area (Å²) in [5, 5.41) is 7.34. The molecule has 1 amide bonds. The van der Waals surface area contributed by atoms with Crippen LogP contribution in [-0.4, -0.2) is 15.7 Å². The van der Waals surface area contributed by atoms with E-state index in [9.17, 15) is 4.79 Å². The van der Waals surface area contributed by atoms with Gasteiger partial charge >= 0.3 is 0 Å². The summed E-state index contributed by atoms with van der Waals surface area (Å²) in [6.07, 6.45) is 0.991. The van der Waals surface area contributed by atoms with Crippen LogP contribution < -0.4 is 5.32 Å². The number of carbonyl (C=O) groups excluding carboxylic acids is 1. The van der Waals surface area contributed by atoms with E-state index in [0.29, 0.717) is 5.69 Å². The largest absolute Gasteiger partial charge is 0.321 e. The van der Waals surface area contributed by atoms with Crippen LogP contribution in [0.1, 0.15) is 49.4 Å². The average molecular weight is 285 g/mol. The Balaban J connectivity index is 2.18. The van der Waals surface area contributed by atoms with E-state index in [1.807, 2.05) is 30.3 Å². The molecule has 1 heterocycles. The molecule has 1 aromatic carbocycles. The SMILES string of the molecule is CCc1ccc(NC(=O)c2cc(C(C)(C)C)nn2C)cc1. The smallest absolute Gasteiger partial charge is 0.273 e. The molecule has 1 N–H and O–H groups in total. The van der Waals surface area contributed by atoms with Gasteiger partial charge in [-0.15, -0.1) is 0 Å². The number of hydrogen-bond acceptors (Lipinski definition) is 2. The summed E-state index contributed by atoms with van der Waals surface area (Å²) in [7, 11) is 1.80. The average Bonchev–Trinajstić information content (AvgIpc) is 2.82. The number of carbonyl (C=O) groups is 1. The number of aryl methyl sites for hydroxylation is 2. The molecule has 112 valence electrons. The molecule has 0 bridgehead atoms. The topological polar surface area (TPSA) is 46.9 Å². The maximum absolute atomic E-state index is 12.4. The number of hydrogen-bond donors (Lipinski definition) is 1. The number of nitrogens with one attached hydrogen (secondary N) is 1. The van der Waals surface area contributed by atoms with E-state index in [4.69, 9.17) is 0 Å². The van der Waals surface area contributed by atoms with Gasteiger partial charge in [0.2, 0.25) is 0 Å². The fourth-order valence-electron chi connectivity index (χ4n) is 2.07. The van der Waals surface area contributed by atoms with Crippen LogP contribution in [0.25, 0.3) is 0 Å². The van der Waals surface area contributed by atoms with Crippen molar-refractivity contribution in [2.45, 2.75) is 39.5 Å². The molecule has 0 unspecified atom stereocenters. The summed E-state index contributed by atoms with van der Waals surface area (Å²) < 4.78 is 1.64. The van der Waals surface area contributed by atoms with Crippen LogP contribution in [0.15, 0.2) is 30.3 Å². The molecule has 0 radical (unpaired) electrons. The monoisotopic (exact) mass is 285 g/mol. The van der Waals surface area contributed by atoms with Gasteiger partial charge in [-0.25, -0.2) is 0 Å². The van der Waals surface area contributed by atoms with Crippen molar-refractivity contribution in [1.29, 1.82) is 0 Å². The maximum atomic E-state index is 12.4. The third-order valence-corrected chi connectivity index (χ3v) is 3.50. The first kappa shape index (κ1) is 15.3. The standard InChI is InChI=1S/C17H23N3O/c1-6-12-7-9-13(10-8-12)18-16(21)14-11-15(17(2,3)4)19-20(14)5/h7-11H,6H2,1-5H3,(H,18,21). The highest BCUT2D eigenvalue weighted by molar-refractivity contribution is 6.03. The van der Waals surface area contributed by atoms with Crippen molar-refractivity contribution in [3.05, 3.63) is 47.3 Å². The van der Waals surface area contributed by atoms with Crippen LogP contribution in [-0.2, 0) is 18.9 Å². The second-order valence-electron chi connectivity index (χ2n) is 6.29. The van der Waals surface area contributed by atoms with Gasteiger partial charge in [0.1, 0.15) is 5.69 Å². The highest BCUT2D eigenvalue weighted by Gasteiger charge is 2.21. The van der Waals surface area contributed by atoms with E-state index in [2.05, 4.69) is 38.1 Å². The Morgan fingerprint density at radius 2 is 1.86 bits per heavy atom. The Morgan fingerprint density at radius 3 is 2.33 bits per heavy atom. The molecule has 0 atom stereocenters. The molecule has 4 nitrogen and oxygen atoms in total. The van der Waals surface area contributed by atoms with Crippen molar-refractivity contribution in [2.75, 3.05) is 5.32 Å². The summed E-state index contributed by atoms with van der Waals surface area (Å²) in [4.78, 5) is 12.4. The Hall–Kier alpha value is -2.10. The Labute approximate surface area is 126 Å². The predicted molar refractivity (Wildman–Crippen MR) is 85.7 cm³/mol. The van der Waals surface area contributed by atoms with Crippen molar-refractivity contribution in [3.63, 3.8) is 0 Å². The Kier molecular flexibility index (Phi) is 4.16. The normalized spacial score (nSPS) is 11.5. The minimum absolute atomic E-state index is 0.0704. The molecule has 0 aliphatic carbocycles. The number of anilines is 1. The van der Waals surface area contributed by atoms with Gasteiger partial charge in [0.15, 0.2) is 0 Å². The second kappa shape index (κ2) is 5.72. The number of amides is 1. The van der Waals surface area contributed by atoms with Crippen LogP contribution >= 0.6 is 0 Å². The van der Waals surface area contributed by atoms with E-state index < -0.39 is 0 Å². The highest BCUT2D eigenvalue weighted by Crippen LogP contribution is 2.22. The zero-order valence-corrected chi connectivity index (χ0v) is 13.4. The van der Waals surface area contributed by atoms with Crippen LogP contribution in [0.3, 0.4) is 0 Å². The minimum atomic E-state index is -0.134. The maximum Gasteiger partial charge on any atom is 0.273 e. The molecule has 2 rings (SSSR count). The van der Waals surface area contributed by atoms with Gasteiger partial charge in [-0.1, -0.05) is 39.8 Å². The third-order valence-electron chi connectivity index (χ3n) is 3.50. The molecular formula is C17H23N3O. The van der Waals surface area contributed by atoms with Crippen LogP contribution in [0.2, 0.25) is 0 Å². The summed E-state index contributed by atoms with van der Waals surface area (Å²) in [5.41, 5.74) is 3.47. The number of rotatable bonds is 3. The lowest BCUT2D eigenvalue weighted by atomic mass is 9.92. The molecule has 0 spiro atoms. The lowest BCUT2D eigenvalue weighted by Crippen LogP contribution is -2.16. The van der Waals surface area contributed by atoms with E-state index in [-0.39, 0.29) is 11.3 Å². The van der Waals surface area contributed by atoms with Gasteiger partial charge in [0.25, 0.3) is 5.91 Å². The van der Waals surface area contributed by atoms with Crippen molar-refractivity contribution in [3.8, 4) is 0 Å². The summed E-state index contributed by atoms with van der Waals surface area (Å²) >= 11 is 0. The fraction of sp³-hybridized carbons (Fsp3) is 0.412. The lowest BCUT2D eigenvalue weighted by molar-refractivity contribution is 0.101. The first-order valence-corrected chi connectivity index (χ1v) is 7.26. The van der Waals surface area contributed by atoms with Gasteiger partial charge in [0, 0.05) is 18.2 Å². The quantitative estimate of drug-likeness (QED) is 0.937. The molecule has 0 fully saturated rings. The minimum Gasteiger partial charge on any atom is -0.321 e. The van der Waals surface area contributed by atoms with Gasteiger partial charge < -0.3 is 5.32 Å². The molecule has 0 aliphatic heterocycles. The van der Waals surface area contributed by atoms with Crippen LogP contribution in [0.4, 0.5) is 5.69 Å². The first-order chi connectivity index (χ1) is 9.81. The van der Waals surface area contributed by atoms with Crippen LogP contribution in [0.5, 0.6) is 0 Å². The zero-order chi connectivity index (χ0) is 15.6. The van der Waals surface area contributed by atoms with Crippen molar-refractivity contribution in [1.82, 2.24) is 9.78 Å². The van der Waals surface area contributed by atoms with E-state index in [1.54, 1.807) is 11.7 Å². The molecule has 1 aromatic heterocycles. The summed E-state index contributed by atoms with van der Waals surface area (Å²) in [6, 6.07) is 9.77. The van der Waals surface area contributed by atoms with E-state index in [1.165, 1.54) is 5.56 Å². The molecule has 0 aliphatic rings. The molecule has 0 saturated heterocycles. The Bertz CT molecular complexity index is 633. The molecule has 2 aromatic rings. The third kappa shape index (κ3) is 3.51. The number of nitrogens with zero attached hydrogens (tertiary/aromatic N) is 2. The van der Waals surface area contributed by atoms with Crippen molar-refractivity contribution < 1.29 is 4.79 Å². The molecular weight excluding hydrogens is 262 g/mol. The van der Waals surface area contributed by atoms with E-state index in [0.717, 1.165) is 17.8 Å². The highest BCUT2D eigenvalue weighted by atomic mass is 16.2. The first-order valence-electron chi connectivity index (χ1n) is 7.26. The molecule has 21 heavy (non-hydrogen) atoms. The lowest BCUT2D eigenvalue weighted by Gasteiger charge is -2.13. The van der Waals surface area contributed by atoms with E-state index >= 15 is 0 Å². The summed E-state index contributed by atoms with van der Waals surface area (Å²) in [6.45, 7) is 8.36. The van der Waals surface area contributed by atoms with Gasteiger partial charge in [-0.05, 0) is 30.2 Å². The van der Waals surface area contributed by atoms with Crippen LogP contribution in [0, 0.1) is 0 Å². The fourth-order valence-corrected chi connectivity index (χ4v) is 2.07.